The van der Waals surface area contributed by atoms with Crippen LogP contribution in [0.3, 0.4) is 0 Å². The highest BCUT2D eigenvalue weighted by molar-refractivity contribution is 7.10. The van der Waals surface area contributed by atoms with Crippen LogP contribution in [0.25, 0.3) is 0 Å². The number of nitrogens with zero attached hydrogens (tertiary/aromatic N) is 1. The Labute approximate surface area is 109 Å². The number of nitrogens with one attached hydrogen (secondary N) is 1. The molecule has 0 saturated carbocycles. The lowest BCUT2D eigenvalue weighted by atomic mass is 10.1. The van der Waals surface area contributed by atoms with Crippen LogP contribution in [0.2, 0.25) is 0 Å². The van der Waals surface area contributed by atoms with Crippen LogP contribution >= 0.6 is 11.3 Å². The molecule has 0 aromatic carbocycles. The van der Waals surface area contributed by atoms with Gasteiger partial charge in [-0.2, -0.15) is 0 Å². The molecule has 1 aliphatic rings. The van der Waals surface area contributed by atoms with Crippen molar-refractivity contribution in [1.82, 2.24) is 10.2 Å². The van der Waals surface area contributed by atoms with Gasteiger partial charge >= 0.3 is 0 Å². The van der Waals surface area contributed by atoms with Gasteiger partial charge in [-0.15, -0.1) is 11.3 Å². The van der Waals surface area contributed by atoms with Crippen molar-refractivity contribution in [3.63, 3.8) is 0 Å². The first-order chi connectivity index (χ1) is 8.16. The van der Waals surface area contributed by atoms with Crippen molar-refractivity contribution in [2.75, 3.05) is 19.6 Å². The Balaban J connectivity index is 1.68. The molecule has 0 radical (unpaired) electrons. The molecule has 1 fully saturated rings. The van der Waals surface area contributed by atoms with Gasteiger partial charge in [0, 0.05) is 24.0 Å². The lowest BCUT2D eigenvalue weighted by Gasteiger charge is -2.20. The predicted octanol–water partition coefficient (Wildman–Crippen LogP) is 2.88. The molecule has 1 saturated heterocycles. The molecule has 2 nitrogen and oxygen atoms in total. The predicted molar refractivity (Wildman–Crippen MR) is 75.6 cm³/mol. The molecule has 1 aliphatic heterocycles. The summed E-state index contributed by atoms with van der Waals surface area (Å²) in [4.78, 5) is 4.08. The minimum absolute atomic E-state index is 0.708. The summed E-state index contributed by atoms with van der Waals surface area (Å²) in [7, 11) is 0. The van der Waals surface area contributed by atoms with Crippen molar-refractivity contribution >= 4 is 11.3 Å². The Morgan fingerprint density at radius 3 is 2.94 bits per heavy atom. The van der Waals surface area contributed by atoms with Crippen LogP contribution in [0.5, 0.6) is 0 Å². The Bertz CT molecular complexity index is 346. The monoisotopic (exact) mass is 252 g/mol. The van der Waals surface area contributed by atoms with Gasteiger partial charge in [-0.1, -0.05) is 0 Å². The van der Waals surface area contributed by atoms with E-state index in [-0.39, 0.29) is 0 Å². The first-order valence-corrected chi connectivity index (χ1v) is 7.52. The van der Waals surface area contributed by atoms with Crippen molar-refractivity contribution in [3.8, 4) is 0 Å². The Hall–Kier alpha value is -0.380. The number of hydrogen-bond donors (Lipinski definition) is 1. The fraction of sp³-hybridized carbons (Fsp3) is 0.714. The van der Waals surface area contributed by atoms with Gasteiger partial charge in [0.05, 0.1) is 0 Å². The molecule has 3 heteroatoms. The van der Waals surface area contributed by atoms with E-state index in [4.69, 9.17) is 0 Å². The summed E-state index contributed by atoms with van der Waals surface area (Å²) in [5, 5.41) is 5.80. The molecule has 2 rings (SSSR count). The van der Waals surface area contributed by atoms with Crippen molar-refractivity contribution in [1.29, 1.82) is 0 Å². The van der Waals surface area contributed by atoms with Gasteiger partial charge in [0.15, 0.2) is 0 Å². The van der Waals surface area contributed by atoms with Crippen LogP contribution < -0.4 is 5.32 Å². The third kappa shape index (κ3) is 3.54. The average molecular weight is 252 g/mol. The fourth-order valence-electron chi connectivity index (χ4n) is 2.47. The van der Waals surface area contributed by atoms with Crippen molar-refractivity contribution in [2.45, 2.75) is 39.8 Å². The highest BCUT2D eigenvalue weighted by Gasteiger charge is 2.23. The zero-order valence-electron chi connectivity index (χ0n) is 11.2. The highest BCUT2D eigenvalue weighted by atomic mass is 32.1. The number of likely N-dealkylation sites (tertiary alicyclic amines) is 1. The normalized spacial score (nSPS) is 21.5. The molecule has 0 amide bonds. The summed E-state index contributed by atoms with van der Waals surface area (Å²) in [6.07, 6.45) is 1.36. The summed E-state index contributed by atoms with van der Waals surface area (Å²) in [5.74, 6) is 0.845. The molecule has 1 atom stereocenters. The molecular formula is C14H24N2S. The molecule has 0 bridgehead atoms. The highest BCUT2D eigenvalue weighted by Crippen LogP contribution is 2.19. The molecule has 1 N–H and O–H groups in total. The minimum atomic E-state index is 0.708. The van der Waals surface area contributed by atoms with Gasteiger partial charge in [0.1, 0.15) is 0 Å². The molecule has 96 valence electrons. The molecular weight excluding hydrogens is 228 g/mol. The van der Waals surface area contributed by atoms with Gasteiger partial charge in [-0.3, -0.25) is 0 Å². The Kier molecular flexibility index (Phi) is 4.60. The van der Waals surface area contributed by atoms with E-state index >= 15 is 0 Å². The number of thiophene rings is 1. The van der Waals surface area contributed by atoms with Crippen LogP contribution in [0.1, 0.15) is 30.7 Å². The number of rotatable bonds is 5. The van der Waals surface area contributed by atoms with E-state index in [9.17, 15) is 0 Å². The third-order valence-corrected chi connectivity index (χ3v) is 4.76. The van der Waals surface area contributed by atoms with E-state index in [1.54, 1.807) is 0 Å². The Morgan fingerprint density at radius 1 is 1.53 bits per heavy atom. The SMILES string of the molecule is Cc1ccsc1CNCC1CCN(C(C)C)C1. The maximum Gasteiger partial charge on any atom is 0.0302 e. The standard InChI is InChI=1S/C14H24N2S/c1-11(2)16-6-4-13(10-16)8-15-9-14-12(3)5-7-17-14/h5,7,11,13,15H,4,6,8-10H2,1-3H3. The number of hydrogen-bond acceptors (Lipinski definition) is 3. The fourth-order valence-corrected chi connectivity index (χ4v) is 3.35. The zero-order valence-corrected chi connectivity index (χ0v) is 12.0. The number of aryl methyl sites for hydroxylation is 1. The molecule has 17 heavy (non-hydrogen) atoms. The topological polar surface area (TPSA) is 15.3 Å². The van der Waals surface area contributed by atoms with E-state index in [0.717, 1.165) is 12.5 Å². The van der Waals surface area contributed by atoms with Crippen molar-refractivity contribution < 1.29 is 0 Å². The summed E-state index contributed by atoms with van der Waals surface area (Å²) in [5.41, 5.74) is 1.43. The van der Waals surface area contributed by atoms with Crippen LogP contribution in [-0.4, -0.2) is 30.6 Å². The van der Waals surface area contributed by atoms with Crippen LogP contribution in [-0.2, 0) is 6.54 Å². The quantitative estimate of drug-likeness (QED) is 0.867. The largest absolute Gasteiger partial charge is 0.312 e. The van der Waals surface area contributed by atoms with Gasteiger partial charge in [-0.05, 0) is 63.2 Å². The van der Waals surface area contributed by atoms with Crippen molar-refractivity contribution in [2.24, 2.45) is 5.92 Å². The van der Waals surface area contributed by atoms with E-state index in [2.05, 4.69) is 42.4 Å². The zero-order chi connectivity index (χ0) is 12.3. The second-order valence-electron chi connectivity index (χ2n) is 5.40. The first-order valence-electron chi connectivity index (χ1n) is 6.64. The molecule has 0 spiro atoms. The van der Waals surface area contributed by atoms with Gasteiger partial charge in [0.25, 0.3) is 0 Å². The smallest absolute Gasteiger partial charge is 0.0302 e. The second kappa shape index (κ2) is 5.98. The van der Waals surface area contributed by atoms with Gasteiger partial charge < -0.3 is 10.2 Å². The van der Waals surface area contributed by atoms with Crippen LogP contribution in [0.15, 0.2) is 11.4 Å². The van der Waals surface area contributed by atoms with E-state index < -0.39 is 0 Å². The molecule has 0 aliphatic carbocycles. The summed E-state index contributed by atoms with van der Waals surface area (Å²) in [6, 6.07) is 2.91. The maximum atomic E-state index is 3.61. The van der Waals surface area contributed by atoms with E-state index in [0.29, 0.717) is 6.04 Å². The average Bonchev–Trinajstić information content (AvgIpc) is 2.89. The summed E-state index contributed by atoms with van der Waals surface area (Å²) >= 11 is 1.86. The van der Waals surface area contributed by atoms with Crippen molar-refractivity contribution in [3.05, 3.63) is 21.9 Å². The first kappa shape index (κ1) is 13.1. The molecule has 2 heterocycles. The lowest BCUT2D eigenvalue weighted by molar-refractivity contribution is 0.264. The van der Waals surface area contributed by atoms with Gasteiger partial charge in [-0.25, -0.2) is 0 Å². The third-order valence-electron chi connectivity index (χ3n) is 3.73. The summed E-state index contributed by atoms with van der Waals surface area (Å²) in [6.45, 7) is 11.6. The second-order valence-corrected chi connectivity index (χ2v) is 6.40. The van der Waals surface area contributed by atoms with Gasteiger partial charge in [0.2, 0.25) is 0 Å². The van der Waals surface area contributed by atoms with E-state index in [1.807, 2.05) is 11.3 Å². The van der Waals surface area contributed by atoms with Crippen LogP contribution in [0, 0.1) is 12.8 Å². The molecule has 1 aromatic rings. The maximum absolute atomic E-state index is 3.61. The minimum Gasteiger partial charge on any atom is -0.312 e. The lowest BCUT2D eigenvalue weighted by Crippen LogP contribution is -2.30. The Morgan fingerprint density at radius 2 is 2.35 bits per heavy atom. The summed E-state index contributed by atoms with van der Waals surface area (Å²) < 4.78 is 0. The van der Waals surface area contributed by atoms with E-state index in [1.165, 1.54) is 36.5 Å². The molecule has 1 unspecified atom stereocenters. The van der Waals surface area contributed by atoms with Crippen LogP contribution in [0.4, 0.5) is 0 Å². The molecule has 1 aromatic heterocycles.